The molecule has 0 unspecified atom stereocenters. The summed E-state index contributed by atoms with van der Waals surface area (Å²) >= 11 is 1.78. The topological polar surface area (TPSA) is 54.8 Å². The van der Waals surface area contributed by atoms with Gasteiger partial charge in [-0.05, 0) is 79.1 Å². The third-order valence-electron chi connectivity index (χ3n) is 5.81. The van der Waals surface area contributed by atoms with Crippen LogP contribution in [-0.4, -0.2) is 60.6 Å². The molecule has 0 aromatic carbocycles. The zero-order valence-corrected chi connectivity index (χ0v) is 19.2. The molecule has 1 aromatic heterocycles. The fourth-order valence-electron chi connectivity index (χ4n) is 3.35. The average Bonchev–Trinajstić information content (AvgIpc) is 3.19. The van der Waals surface area contributed by atoms with Gasteiger partial charge in [-0.15, -0.1) is 11.3 Å². The molecular formula is C21H35BN2O3S. The minimum Gasteiger partial charge on any atom is -0.400 e. The summed E-state index contributed by atoms with van der Waals surface area (Å²) in [7, 11) is 2.84. The van der Waals surface area contributed by atoms with E-state index >= 15 is 0 Å². The van der Waals surface area contributed by atoms with E-state index in [2.05, 4.69) is 57.2 Å². The van der Waals surface area contributed by atoms with Gasteiger partial charge in [0.15, 0.2) is 0 Å². The van der Waals surface area contributed by atoms with E-state index in [9.17, 15) is 0 Å². The van der Waals surface area contributed by atoms with E-state index in [1.54, 1.807) is 11.3 Å². The zero-order chi connectivity index (χ0) is 20.9. The lowest BCUT2D eigenvalue weighted by Gasteiger charge is -2.32. The Morgan fingerprint density at radius 1 is 1.21 bits per heavy atom. The number of aliphatic hydroxyl groups is 1. The molecular weight excluding hydrogens is 371 g/mol. The van der Waals surface area contributed by atoms with Crippen LogP contribution in [0.5, 0.6) is 0 Å². The van der Waals surface area contributed by atoms with Crippen molar-refractivity contribution in [2.75, 3.05) is 27.2 Å². The molecule has 28 heavy (non-hydrogen) atoms. The van der Waals surface area contributed by atoms with E-state index in [0.29, 0.717) is 5.92 Å². The van der Waals surface area contributed by atoms with Gasteiger partial charge in [0, 0.05) is 18.4 Å². The lowest BCUT2D eigenvalue weighted by atomic mass is 9.77. The van der Waals surface area contributed by atoms with Gasteiger partial charge in [-0.2, -0.15) is 0 Å². The molecule has 2 aliphatic rings. The van der Waals surface area contributed by atoms with Gasteiger partial charge in [-0.25, -0.2) is 4.98 Å². The van der Waals surface area contributed by atoms with Crippen molar-refractivity contribution in [1.29, 1.82) is 0 Å². The predicted octanol–water partition coefficient (Wildman–Crippen LogP) is 4.15. The molecule has 7 heteroatoms. The van der Waals surface area contributed by atoms with Gasteiger partial charge in [-0.1, -0.05) is 12.2 Å². The Morgan fingerprint density at radius 3 is 2.32 bits per heavy atom. The summed E-state index contributed by atoms with van der Waals surface area (Å²) in [5.74, 6) is 0.598. The maximum absolute atomic E-state index is 7.00. The number of nitrogens with zero attached hydrogens (tertiary/aromatic N) is 2. The third kappa shape index (κ3) is 5.33. The van der Waals surface area contributed by atoms with Crippen LogP contribution in [0.2, 0.25) is 0 Å². The summed E-state index contributed by atoms with van der Waals surface area (Å²) in [5, 5.41) is 10.4. The van der Waals surface area contributed by atoms with Crippen molar-refractivity contribution in [1.82, 2.24) is 9.88 Å². The number of allylic oxidation sites excluding steroid dienone is 3. The monoisotopic (exact) mass is 406 g/mol. The normalized spacial score (nSPS) is 23.1. The quantitative estimate of drug-likeness (QED) is 0.601. The minimum absolute atomic E-state index is 0.334. The molecule has 2 aliphatic heterocycles. The van der Waals surface area contributed by atoms with Crippen LogP contribution in [0.1, 0.15) is 64.1 Å². The highest BCUT2D eigenvalue weighted by atomic mass is 32.1. The summed E-state index contributed by atoms with van der Waals surface area (Å²) in [6.07, 6.45) is 8.60. The average molecular weight is 406 g/mol. The number of aromatic nitrogens is 1. The number of rotatable bonds is 4. The van der Waals surface area contributed by atoms with Crippen LogP contribution < -0.4 is 0 Å². The van der Waals surface area contributed by atoms with E-state index in [-0.39, 0.29) is 18.3 Å². The molecule has 2 fully saturated rings. The first-order chi connectivity index (χ1) is 13.2. The highest BCUT2D eigenvalue weighted by Gasteiger charge is 2.52. The molecule has 1 aromatic rings. The Bertz CT molecular complexity index is 676. The van der Waals surface area contributed by atoms with Crippen molar-refractivity contribution in [2.24, 2.45) is 0 Å². The van der Waals surface area contributed by atoms with Crippen molar-refractivity contribution in [2.45, 2.75) is 64.6 Å². The lowest BCUT2D eigenvalue weighted by molar-refractivity contribution is 0.00578. The molecule has 1 N–H and O–H groups in total. The highest BCUT2D eigenvalue weighted by Crippen LogP contribution is 2.39. The van der Waals surface area contributed by atoms with Gasteiger partial charge >= 0.3 is 7.12 Å². The molecule has 0 radical (unpaired) electrons. The van der Waals surface area contributed by atoms with Crippen LogP contribution in [0.3, 0.4) is 0 Å². The standard InChI is InChI=1S/C20H31BN2O2S.CH4O/c1-7-8-16(21-24-19(2,3)20(4,5)25-21)13-17-14-26-18(22-17)15-9-11-23(6)12-10-15;1-2/h7-8,13-15H,9-12H2,1-6H3;2H,1H3/b8-7-,16-13+;. The van der Waals surface area contributed by atoms with Crippen LogP contribution in [0.25, 0.3) is 6.08 Å². The van der Waals surface area contributed by atoms with Gasteiger partial charge in [0.25, 0.3) is 0 Å². The number of hydrogen-bond acceptors (Lipinski definition) is 6. The minimum atomic E-state index is -0.357. The summed E-state index contributed by atoms with van der Waals surface area (Å²) < 4.78 is 12.4. The Balaban J connectivity index is 0.00000136. The van der Waals surface area contributed by atoms with Crippen LogP contribution in [0.4, 0.5) is 0 Å². The van der Waals surface area contributed by atoms with Gasteiger partial charge in [-0.3, -0.25) is 0 Å². The molecule has 156 valence electrons. The van der Waals surface area contributed by atoms with Gasteiger partial charge in [0.05, 0.1) is 21.9 Å². The first kappa shape index (κ1) is 23.3. The molecule has 5 nitrogen and oxygen atoms in total. The molecule has 3 heterocycles. The Hall–Kier alpha value is -0.985. The van der Waals surface area contributed by atoms with Crippen molar-refractivity contribution >= 4 is 24.5 Å². The molecule has 0 atom stereocenters. The summed E-state index contributed by atoms with van der Waals surface area (Å²) in [6.45, 7) is 12.7. The summed E-state index contributed by atoms with van der Waals surface area (Å²) in [5.41, 5.74) is 1.36. The summed E-state index contributed by atoms with van der Waals surface area (Å²) in [4.78, 5) is 7.30. The molecule has 0 saturated carbocycles. The van der Waals surface area contributed by atoms with E-state index in [1.165, 1.54) is 17.8 Å². The second-order valence-electron chi connectivity index (χ2n) is 8.42. The predicted molar refractivity (Wildman–Crippen MR) is 119 cm³/mol. The zero-order valence-electron chi connectivity index (χ0n) is 18.4. The third-order valence-corrected chi connectivity index (χ3v) is 6.83. The van der Waals surface area contributed by atoms with Crippen LogP contribution >= 0.6 is 11.3 Å². The van der Waals surface area contributed by atoms with E-state index < -0.39 is 0 Å². The van der Waals surface area contributed by atoms with E-state index in [0.717, 1.165) is 31.4 Å². The first-order valence-corrected chi connectivity index (χ1v) is 10.9. The molecule has 0 aliphatic carbocycles. The first-order valence-electron chi connectivity index (χ1n) is 10.0. The molecule has 0 amide bonds. The molecule has 3 rings (SSSR count). The van der Waals surface area contributed by atoms with Gasteiger partial charge in [0.2, 0.25) is 0 Å². The van der Waals surface area contributed by atoms with Gasteiger partial charge in [0.1, 0.15) is 0 Å². The Morgan fingerprint density at radius 2 is 1.79 bits per heavy atom. The second kappa shape index (κ2) is 9.68. The van der Waals surface area contributed by atoms with Gasteiger partial charge < -0.3 is 19.3 Å². The van der Waals surface area contributed by atoms with Crippen LogP contribution in [-0.2, 0) is 9.31 Å². The number of likely N-dealkylation sites (tertiary alicyclic amines) is 1. The highest BCUT2D eigenvalue weighted by molar-refractivity contribution is 7.09. The molecule has 0 bridgehead atoms. The van der Waals surface area contributed by atoms with Crippen molar-refractivity contribution < 1.29 is 14.4 Å². The second-order valence-corrected chi connectivity index (χ2v) is 9.31. The van der Waals surface area contributed by atoms with Crippen molar-refractivity contribution in [3.63, 3.8) is 0 Å². The Labute approximate surface area is 174 Å². The van der Waals surface area contributed by atoms with Crippen LogP contribution in [0, 0.1) is 0 Å². The fraction of sp³-hybridized carbons (Fsp3) is 0.667. The molecule has 0 spiro atoms. The van der Waals surface area contributed by atoms with Crippen molar-refractivity contribution in [3.05, 3.63) is 33.7 Å². The molecule has 2 saturated heterocycles. The smallest absolute Gasteiger partial charge is 0.400 e. The van der Waals surface area contributed by atoms with Crippen LogP contribution in [0.15, 0.2) is 23.0 Å². The lowest BCUT2D eigenvalue weighted by Crippen LogP contribution is -2.41. The fourth-order valence-corrected chi connectivity index (χ4v) is 4.30. The summed E-state index contributed by atoms with van der Waals surface area (Å²) in [6, 6.07) is 0. The number of hydrogen-bond donors (Lipinski definition) is 1. The van der Waals surface area contributed by atoms with Crippen molar-refractivity contribution in [3.8, 4) is 0 Å². The largest absolute Gasteiger partial charge is 0.494 e. The maximum atomic E-state index is 7.00. The Kier molecular flexibility index (Phi) is 8.05. The van der Waals surface area contributed by atoms with E-state index in [4.69, 9.17) is 19.4 Å². The number of thiazole rings is 1. The number of piperidine rings is 1. The number of aliphatic hydroxyl groups excluding tert-OH is 1. The SMILES string of the molecule is C/C=C\C(=C/c1csc(C2CCN(C)CC2)n1)B1OC(C)(C)C(C)(C)O1.CO. The van der Waals surface area contributed by atoms with E-state index in [1.807, 2.05) is 13.0 Å². The maximum Gasteiger partial charge on any atom is 0.494 e.